The second-order valence-corrected chi connectivity index (χ2v) is 6.65. The van der Waals surface area contributed by atoms with Crippen LogP contribution in [0.1, 0.15) is 30.6 Å². The zero-order chi connectivity index (χ0) is 17.7. The van der Waals surface area contributed by atoms with E-state index in [0.717, 1.165) is 13.0 Å². The average molecular weight is 330 g/mol. The molecular formula is C17H22N4O3. The molecule has 0 unspecified atom stereocenters. The van der Waals surface area contributed by atoms with Crippen LogP contribution in [-0.4, -0.2) is 53.4 Å². The van der Waals surface area contributed by atoms with E-state index in [1.54, 1.807) is 17.0 Å². The van der Waals surface area contributed by atoms with Crippen LogP contribution in [0.3, 0.4) is 0 Å². The van der Waals surface area contributed by atoms with Crippen molar-refractivity contribution in [2.24, 2.45) is 5.41 Å². The number of nitrogens with zero attached hydrogens (tertiary/aromatic N) is 4. The Labute approximate surface area is 141 Å². The van der Waals surface area contributed by atoms with Gasteiger partial charge in [-0.15, -0.1) is 0 Å². The van der Waals surface area contributed by atoms with Gasteiger partial charge >= 0.3 is 0 Å². The molecule has 1 aromatic rings. The lowest BCUT2D eigenvalue weighted by Gasteiger charge is -2.35. The molecule has 128 valence electrons. The number of benzene rings is 1. The molecule has 0 radical (unpaired) electrons. The van der Waals surface area contributed by atoms with E-state index >= 15 is 0 Å². The van der Waals surface area contributed by atoms with Crippen LogP contribution in [0.15, 0.2) is 24.3 Å². The van der Waals surface area contributed by atoms with Crippen LogP contribution in [0.5, 0.6) is 0 Å². The van der Waals surface area contributed by atoms with E-state index in [2.05, 4.69) is 11.0 Å². The lowest BCUT2D eigenvalue weighted by Crippen LogP contribution is -2.49. The number of hydrogen-bond acceptors (Lipinski definition) is 5. The number of hydrogen-bond donors (Lipinski definition) is 0. The summed E-state index contributed by atoms with van der Waals surface area (Å²) in [6.45, 7) is 7.16. The number of piperazine rings is 1. The molecule has 0 saturated carbocycles. The molecule has 1 amide bonds. The highest BCUT2D eigenvalue weighted by molar-refractivity contribution is 5.98. The standard InChI is InChI=1S/C17H22N4O3/c1-17(2,13-18)7-8-19-9-11-20(12-10-19)16(22)14-5-3-4-6-15(14)21(23)24/h3-6H,7-12H2,1-2H3. The van der Waals surface area contributed by atoms with Crippen molar-refractivity contribution in [3.05, 3.63) is 39.9 Å². The summed E-state index contributed by atoms with van der Waals surface area (Å²) in [6.07, 6.45) is 0.779. The van der Waals surface area contributed by atoms with E-state index in [0.29, 0.717) is 26.2 Å². The Balaban J connectivity index is 1.94. The normalized spacial score (nSPS) is 15.8. The molecule has 0 bridgehead atoms. The van der Waals surface area contributed by atoms with Crippen LogP contribution in [0.25, 0.3) is 0 Å². The van der Waals surface area contributed by atoms with Gasteiger partial charge in [-0.2, -0.15) is 5.26 Å². The van der Waals surface area contributed by atoms with Crippen LogP contribution >= 0.6 is 0 Å². The van der Waals surface area contributed by atoms with Crippen LogP contribution in [-0.2, 0) is 0 Å². The van der Waals surface area contributed by atoms with E-state index in [4.69, 9.17) is 5.26 Å². The Morgan fingerprint density at radius 3 is 2.50 bits per heavy atom. The number of nitriles is 1. The Bertz CT molecular complexity index is 658. The maximum atomic E-state index is 12.6. The largest absolute Gasteiger partial charge is 0.336 e. The molecule has 0 atom stereocenters. The average Bonchev–Trinajstić information content (AvgIpc) is 2.60. The van der Waals surface area contributed by atoms with Gasteiger partial charge in [0, 0.05) is 32.2 Å². The number of rotatable bonds is 5. The molecule has 1 aliphatic rings. The predicted molar refractivity (Wildman–Crippen MR) is 89.5 cm³/mol. The quantitative estimate of drug-likeness (QED) is 0.610. The Kier molecular flexibility index (Phi) is 5.52. The van der Waals surface area contributed by atoms with E-state index in [1.807, 2.05) is 13.8 Å². The fourth-order valence-electron chi connectivity index (χ4n) is 2.65. The minimum Gasteiger partial charge on any atom is -0.336 e. The van der Waals surface area contributed by atoms with Crippen molar-refractivity contribution in [3.63, 3.8) is 0 Å². The molecule has 1 aliphatic heterocycles. The number of nitro benzene ring substituents is 1. The van der Waals surface area contributed by atoms with E-state index < -0.39 is 4.92 Å². The third kappa shape index (κ3) is 4.30. The Hall–Kier alpha value is -2.46. The summed E-state index contributed by atoms with van der Waals surface area (Å²) in [7, 11) is 0. The Morgan fingerprint density at radius 1 is 1.29 bits per heavy atom. The number of amides is 1. The molecule has 1 aromatic carbocycles. The van der Waals surface area contributed by atoms with Gasteiger partial charge in [0.2, 0.25) is 0 Å². The van der Waals surface area contributed by atoms with Gasteiger partial charge in [-0.05, 0) is 32.9 Å². The van der Waals surface area contributed by atoms with Crippen molar-refractivity contribution in [1.29, 1.82) is 5.26 Å². The highest BCUT2D eigenvalue weighted by Gasteiger charge is 2.27. The zero-order valence-electron chi connectivity index (χ0n) is 14.1. The van der Waals surface area contributed by atoms with Crippen molar-refractivity contribution in [1.82, 2.24) is 9.80 Å². The van der Waals surface area contributed by atoms with Gasteiger partial charge in [0.05, 0.1) is 16.4 Å². The molecular weight excluding hydrogens is 308 g/mol. The first-order valence-electron chi connectivity index (χ1n) is 8.00. The highest BCUT2D eigenvalue weighted by Crippen LogP contribution is 2.22. The van der Waals surface area contributed by atoms with Crippen molar-refractivity contribution in [2.75, 3.05) is 32.7 Å². The summed E-state index contributed by atoms with van der Waals surface area (Å²) in [5, 5.41) is 20.1. The molecule has 1 heterocycles. The maximum Gasteiger partial charge on any atom is 0.282 e. The van der Waals surface area contributed by atoms with Crippen molar-refractivity contribution >= 4 is 11.6 Å². The predicted octanol–water partition coefficient (Wildman–Crippen LogP) is 2.29. The summed E-state index contributed by atoms with van der Waals surface area (Å²) in [5.74, 6) is -0.292. The third-order valence-corrected chi connectivity index (χ3v) is 4.35. The van der Waals surface area contributed by atoms with Crippen LogP contribution in [0.4, 0.5) is 5.69 Å². The molecule has 24 heavy (non-hydrogen) atoms. The van der Waals surface area contributed by atoms with Gasteiger partial charge in [-0.25, -0.2) is 0 Å². The second kappa shape index (κ2) is 7.41. The zero-order valence-corrected chi connectivity index (χ0v) is 14.1. The Morgan fingerprint density at radius 2 is 1.92 bits per heavy atom. The van der Waals surface area contributed by atoms with E-state index in [9.17, 15) is 14.9 Å². The molecule has 1 saturated heterocycles. The van der Waals surface area contributed by atoms with Crippen LogP contribution in [0.2, 0.25) is 0 Å². The molecule has 0 N–H and O–H groups in total. The number of carbonyl (C=O) groups excluding carboxylic acids is 1. The third-order valence-electron chi connectivity index (χ3n) is 4.35. The molecule has 7 heteroatoms. The monoisotopic (exact) mass is 330 g/mol. The van der Waals surface area contributed by atoms with Gasteiger partial charge in [-0.3, -0.25) is 19.8 Å². The number of para-hydroxylation sites is 1. The van der Waals surface area contributed by atoms with Gasteiger partial charge < -0.3 is 4.90 Å². The lowest BCUT2D eigenvalue weighted by molar-refractivity contribution is -0.385. The van der Waals surface area contributed by atoms with Crippen LogP contribution < -0.4 is 0 Å². The van der Waals surface area contributed by atoms with Gasteiger partial charge in [0.15, 0.2) is 0 Å². The van der Waals surface area contributed by atoms with Crippen molar-refractivity contribution < 1.29 is 9.72 Å². The summed E-state index contributed by atoms with van der Waals surface area (Å²) in [5.41, 5.74) is -0.361. The molecule has 0 aliphatic carbocycles. The van der Waals surface area contributed by atoms with E-state index in [1.165, 1.54) is 12.1 Å². The number of carbonyl (C=O) groups is 1. The summed E-state index contributed by atoms with van der Waals surface area (Å²) in [4.78, 5) is 27.0. The van der Waals surface area contributed by atoms with Crippen molar-refractivity contribution in [2.45, 2.75) is 20.3 Å². The highest BCUT2D eigenvalue weighted by atomic mass is 16.6. The molecule has 7 nitrogen and oxygen atoms in total. The first-order valence-corrected chi connectivity index (χ1v) is 8.00. The minimum absolute atomic E-state index is 0.140. The molecule has 0 spiro atoms. The first-order chi connectivity index (χ1) is 11.3. The molecule has 0 aromatic heterocycles. The smallest absolute Gasteiger partial charge is 0.282 e. The van der Waals surface area contributed by atoms with Gasteiger partial charge in [-0.1, -0.05) is 12.1 Å². The fourth-order valence-corrected chi connectivity index (χ4v) is 2.65. The van der Waals surface area contributed by atoms with Gasteiger partial charge in [0.1, 0.15) is 5.56 Å². The van der Waals surface area contributed by atoms with Crippen molar-refractivity contribution in [3.8, 4) is 6.07 Å². The minimum atomic E-state index is -0.520. The summed E-state index contributed by atoms with van der Waals surface area (Å²) < 4.78 is 0. The van der Waals surface area contributed by atoms with Gasteiger partial charge in [0.25, 0.3) is 11.6 Å². The molecule has 1 fully saturated rings. The molecule has 2 rings (SSSR count). The second-order valence-electron chi connectivity index (χ2n) is 6.65. The van der Waals surface area contributed by atoms with Crippen LogP contribution in [0, 0.1) is 26.9 Å². The summed E-state index contributed by atoms with van der Waals surface area (Å²) >= 11 is 0. The fraction of sp³-hybridized carbons (Fsp3) is 0.529. The topological polar surface area (TPSA) is 90.5 Å². The summed E-state index contributed by atoms with van der Waals surface area (Å²) in [6, 6.07) is 8.35. The first kappa shape index (κ1) is 17.9. The maximum absolute atomic E-state index is 12.6. The number of nitro groups is 1. The lowest BCUT2D eigenvalue weighted by atomic mass is 9.91. The van der Waals surface area contributed by atoms with E-state index in [-0.39, 0.29) is 22.6 Å². The SMILES string of the molecule is CC(C)(C#N)CCN1CCN(C(=O)c2ccccc2[N+](=O)[O-])CC1.